The highest BCUT2D eigenvalue weighted by molar-refractivity contribution is 5.82. The van der Waals surface area contributed by atoms with Crippen LogP contribution in [0.3, 0.4) is 0 Å². The second-order valence-corrected chi connectivity index (χ2v) is 4.91. The fourth-order valence-corrected chi connectivity index (χ4v) is 1.92. The molecule has 1 saturated heterocycles. The molecule has 0 bridgehead atoms. The highest BCUT2D eigenvalue weighted by atomic mass is 16.4. The van der Waals surface area contributed by atoms with Crippen LogP contribution < -0.4 is 10.7 Å². The molecule has 1 heterocycles. The summed E-state index contributed by atoms with van der Waals surface area (Å²) < 4.78 is 0. The Bertz CT molecular complexity index is 303. The van der Waals surface area contributed by atoms with E-state index in [0.717, 1.165) is 39.0 Å². The van der Waals surface area contributed by atoms with E-state index in [9.17, 15) is 9.59 Å². The minimum Gasteiger partial charge on any atom is -0.480 e. The molecule has 0 aromatic heterocycles. The summed E-state index contributed by atoms with van der Waals surface area (Å²) in [6.45, 7) is 5.26. The molecular weight excluding hydrogens is 248 g/mol. The lowest BCUT2D eigenvalue weighted by Crippen LogP contribution is -2.56. The van der Waals surface area contributed by atoms with E-state index in [2.05, 4.69) is 15.6 Å². The fraction of sp³-hybridized carbons (Fsp3) is 0.833. The average Bonchev–Trinajstić information content (AvgIpc) is 2.37. The Morgan fingerprint density at radius 2 is 1.89 bits per heavy atom. The quantitative estimate of drug-likeness (QED) is 0.638. The van der Waals surface area contributed by atoms with Crippen LogP contribution in [0.1, 0.15) is 26.2 Å². The minimum atomic E-state index is -0.984. The van der Waals surface area contributed by atoms with Gasteiger partial charge in [-0.25, -0.2) is 14.6 Å². The summed E-state index contributed by atoms with van der Waals surface area (Å²) in [6.07, 6.45) is 2.15. The number of aliphatic carboxylic acids is 1. The predicted octanol–water partition coefficient (Wildman–Crippen LogP) is 0.0914. The van der Waals surface area contributed by atoms with E-state index in [-0.39, 0.29) is 0 Å². The number of urea groups is 1. The van der Waals surface area contributed by atoms with Crippen molar-refractivity contribution in [2.45, 2.75) is 32.2 Å². The Hall–Kier alpha value is -1.34. The molecular formula is C12H24N4O3. The number of piperazine rings is 1. The second-order valence-electron chi connectivity index (χ2n) is 4.91. The molecule has 7 heteroatoms. The first kappa shape index (κ1) is 15.7. The SMILES string of the molecule is CCCCC(NC(=O)NN1CCN(C)CC1)C(=O)O. The number of unbranched alkanes of at least 4 members (excludes halogenated alkanes) is 1. The van der Waals surface area contributed by atoms with Crippen LogP contribution in [0.5, 0.6) is 0 Å². The van der Waals surface area contributed by atoms with Gasteiger partial charge in [0.1, 0.15) is 6.04 Å². The maximum atomic E-state index is 11.7. The Morgan fingerprint density at radius 3 is 2.42 bits per heavy atom. The highest BCUT2D eigenvalue weighted by Crippen LogP contribution is 2.01. The van der Waals surface area contributed by atoms with E-state index in [1.165, 1.54) is 0 Å². The fourth-order valence-electron chi connectivity index (χ4n) is 1.92. The number of rotatable bonds is 6. The second kappa shape index (κ2) is 7.96. The molecule has 3 N–H and O–H groups in total. The predicted molar refractivity (Wildman–Crippen MR) is 71.7 cm³/mol. The van der Waals surface area contributed by atoms with Crippen molar-refractivity contribution >= 4 is 12.0 Å². The van der Waals surface area contributed by atoms with Crippen LogP contribution in [-0.2, 0) is 4.79 Å². The number of hydrogen-bond acceptors (Lipinski definition) is 4. The van der Waals surface area contributed by atoms with E-state index in [1.807, 2.05) is 19.0 Å². The summed E-state index contributed by atoms with van der Waals surface area (Å²) in [5.74, 6) is -0.984. The molecule has 0 aliphatic carbocycles. The summed E-state index contributed by atoms with van der Waals surface area (Å²) in [5.41, 5.74) is 2.69. The van der Waals surface area contributed by atoms with E-state index in [1.54, 1.807) is 0 Å². The zero-order valence-corrected chi connectivity index (χ0v) is 11.7. The van der Waals surface area contributed by atoms with Gasteiger partial charge in [0, 0.05) is 26.2 Å². The van der Waals surface area contributed by atoms with Crippen LogP contribution in [0.15, 0.2) is 0 Å². The number of nitrogens with zero attached hydrogens (tertiary/aromatic N) is 2. The number of likely N-dealkylation sites (N-methyl/N-ethyl adjacent to an activating group) is 1. The zero-order chi connectivity index (χ0) is 14.3. The highest BCUT2D eigenvalue weighted by Gasteiger charge is 2.21. The van der Waals surface area contributed by atoms with E-state index in [4.69, 9.17) is 5.11 Å². The Kier molecular flexibility index (Phi) is 6.58. The molecule has 0 spiro atoms. The maximum Gasteiger partial charge on any atom is 0.330 e. The number of hydrogen-bond donors (Lipinski definition) is 3. The molecule has 19 heavy (non-hydrogen) atoms. The summed E-state index contributed by atoms with van der Waals surface area (Å²) in [4.78, 5) is 24.9. The Morgan fingerprint density at radius 1 is 1.26 bits per heavy atom. The van der Waals surface area contributed by atoms with E-state index in [0.29, 0.717) is 6.42 Å². The third-order valence-corrected chi connectivity index (χ3v) is 3.21. The van der Waals surface area contributed by atoms with Crippen LogP contribution in [0.4, 0.5) is 4.79 Å². The van der Waals surface area contributed by atoms with Crippen molar-refractivity contribution in [2.75, 3.05) is 33.2 Å². The molecule has 2 amide bonds. The first-order chi connectivity index (χ1) is 9.02. The van der Waals surface area contributed by atoms with Gasteiger partial charge < -0.3 is 15.3 Å². The lowest BCUT2D eigenvalue weighted by Gasteiger charge is -2.32. The molecule has 0 aromatic rings. The minimum absolute atomic E-state index is 0.437. The van der Waals surface area contributed by atoms with Gasteiger partial charge in [0.2, 0.25) is 0 Å². The lowest BCUT2D eigenvalue weighted by molar-refractivity contribution is -0.139. The number of amides is 2. The van der Waals surface area contributed by atoms with Crippen molar-refractivity contribution < 1.29 is 14.7 Å². The molecule has 1 aliphatic rings. The van der Waals surface area contributed by atoms with Crippen molar-refractivity contribution in [1.29, 1.82) is 0 Å². The van der Waals surface area contributed by atoms with Gasteiger partial charge in [0.25, 0.3) is 0 Å². The summed E-state index contributed by atoms with van der Waals surface area (Å²) in [7, 11) is 2.03. The number of nitrogens with one attached hydrogen (secondary N) is 2. The van der Waals surface area contributed by atoms with Crippen molar-refractivity contribution in [3.8, 4) is 0 Å². The summed E-state index contributed by atoms with van der Waals surface area (Å²) in [6, 6.07) is -1.25. The largest absolute Gasteiger partial charge is 0.480 e. The van der Waals surface area contributed by atoms with Crippen molar-refractivity contribution in [2.24, 2.45) is 0 Å². The van der Waals surface area contributed by atoms with Crippen LogP contribution in [0, 0.1) is 0 Å². The number of carbonyl (C=O) groups excluding carboxylic acids is 1. The van der Waals surface area contributed by atoms with Crippen LogP contribution in [-0.4, -0.2) is 66.3 Å². The molecule has 110 valence electrons. The third kappa shape index (κ3) is 5.89. The van der Waals surface area contributed by atoms with Gasteiger partial charge in [-0.05, 0) is 13.5 Å². The molecule has 1 unspecified atom stereocenters. The van der Waals surface area contributed by atoms with Gasteiger partial charge in [-0.1, -0.05) is 19.8 Å². The summed E-state index contributed by atoms with van der Waals surface area (Å²) >= 11 is 0. The monoisotopic (exact) mass is 272 g/mol. The molecule has 1 rings (SSSR count). The van der Waals surface area contributed by atoms with Gasteiger partial charge >= 0.3 is 12.0 Å². The number of carboxylic acids is 1. The standard InChI is InChI=1S/C12H24N4O3/c1-3-4-5-10(11(17)18)13-12(19)14-16-8-6-15(2)7-9-16/h10H,3-9H2,1-2H3,(H,17,18)(H2,13,14,19). The normalized spacial score (nSPS) is 18.8. The third-order valence-electron chi connectivity index (χ3n) is 3.21. The number of hydrazine groups is 1. The van der Waals surface area contributed by atoms with Crippen LogP contribution >= 0.6 is 0 Å². The average molecular weight is 272 g/mol. The zero-order valence-electron chi connectivity index (χ0n) is 11.7. The molecule has 0 aromatic carbocycles. The Balaban J connectivity index is 2.33. The summed E-state index contributed by atoms with van der Waals surface area (Å²) in [5, 5.41) is 13.3. The Labute approximate surface area is 113 Å². The maximum absolute atomic E-state index is 11.7. The number of carboxylic acid groups (broad SMARTS) is 1. The van der Waals surface area contributed by atoms with Gasteiger partial charge in [0.05, 0.1) is 0 Å². The van der Waals surface area contributed by atoms with Crippen LogP contribution in [0.25, 0.3) is 0 Å². The molecule has 0 radical (unpaired) electrons. The van der Waals surface area contributed by atoms with Crippen molar-refractivity contribution in [3.63, 3.8) is 0 Å². The van der Waals surface area contributed by atoms with Gasteiger partial charge in [-0.2, -0.15) is 0 Å². The molecule has 7 nitrogen and oxygen atoms in total. The first-order valence-corrected chi connectivity index (χ1v) is 6.76. The first-order valence-electron chi connectivity index (χ1n) is 6.76. The van der Waals surface area contributed by atoms with Crippen molar-refractivity contribution in [3.05, 3.63) is 0 Å². The number of carbonyl (C=O) groups is 2. The van der Waals surface area contributed by atoms with Gasteiger partial charge in [-0.3, -0.25) is 5.43 Å². The lowest BCUT2D eigenvalue weighted by atomic mass is 10.1. The molecule has 1 fully saturated rings. The topological polar surface area (TPSA) is 84.9 Å². The van der Waals surface area contributed by atoms with Crippen molar-refractivity contribution in [1.82, 2.24) is 20.7 Å². The van der Waals surface area contributed by atoms with E-state index < -0.39 is 18.0 Å². The molecule has 0 saturated carbocycles. The van der Waals surface area contributed by atoms with Crippen LogP contribution in [0.2, 0.25) is 0 Å². The van der Waals surface area contributed by atoms with E-state index >= 15 is 0 Å². The molecule has 1 aliphatic heterocycles. The molecule has 1 atom stereocenters. The van der Waals surface area contributed by atoms with Gasteiger partial charge in [0.15, 0.2) is 0 Å². The smallest absolute Gasteiger partial charge is 0.330 e. The van der Waals surface area contributed by atoms with Gasteiger partial charge in [-0.15, -0.1) is 0 Å².